The highest BCUT2D eigenvalue weighted by Crippen LogP contribution is 2.25. The van der Waals surface area contributed by atoms with E-state index in [9.17, 15) is 4.79 Å². The number of aromatic nitrogens is 4. The zero-order chi connectivity index (χ0) is 21.8. The number of rotatable bonds is 7. The van der Waals surface area contributed by atoms with Crippen molar-refractivity contribution in [2.75, 3.05) is 6.61 Å². The first-order chi connectivity index (χ1) is 14.9. The topological polar surface area (TPSA) is 101 Å². The lowest BCUT2D eigenvalue weighted by atomic mass is 9.95. The molecule has 4 rings (SSSR count). The lowest BCUT2D eigenvalue weighted by Gasteiger charge is -2.18. The van der Waals surface area contributed by atoms with Gasteiger partial charge >= 0.3 is 5.97 Å². The number of hydrogen-bond donors (Lipinski definition) is 2. The van der Waals surface area contributed by atoms with Crippen LogP contribution in [0.25, 0.3) is 33.9 Å². The van der Waals surface area contributed by atoms with Gasteiger partial charge in [-0.1, -0.05) is 54.6 Å². The first-order valence-corrected chi connectivity index (χ1v) is 9.83. The molecule has 0 aliphatic heterocycles. The smallest absolute Gasteiger partial charge is 0.312 e. The van der Waals surface area contributed by atoms with Crippen molar-refractivity contribution >= 4 is 5.97 Å². The fourth-order valence-electron chi connectivity index (χ4n) is 2.88. The summed E-state index contributed by atoms with van der Waals surface area (Å²) in [6.07, 6.45) is 1.71. The molecule has 156 valence electrons. The van der Waals surface area contributed by atoms with Crippen LogP contribution in [0, 0.1) is 5.41 Å². The lowest BCUT2D eigenvalue weighted by Crippen LogP contribution is -2.30. The van der Waals surface area contributed by atoms with Crippen LogP contribution >= 0.6 is 0 Å². The van der Waals surface area contributed by atoms with E-state index in [0.29, 0.717) is 17.5 Å². The number of ether oxygens (including phenoxy) is 1. The zero-order valence-corrected chi connectivity index (χ0v) is 17.2. The number of aromatic amines is 1. The van der Waals surface area contributed by atoms with Crippen molar-refractivity contribution in [3.8, 4) is 39.8 Å². The first-order valence-electron chi connectivity index (χ1n) is 9.83. The average Bonchev–Trinajstić information content (AvgIpc) is 3.29. The number of hydrogen-bond acceptors (Lipinski definition) is 5. The Hall–Kier alpha value is -4.00. The highest BCUT2D eigenvalue weighted by molar-refractivity contribution is 5.73. The first kappa shape index (κ1) is 20.3. The molecule has 0 atom stereocenters. The van der Waals surface area contributed by atoms with Crippen LogP contribution in [0.3, 0.4) is 0 Å². The molecule has 0 saturated heterocycles. The van der Waals surface area contributed by atoms with Gasteiger partial charge in [0.15, 0.2) is 11.6 Å². The molecular weight excluding hydrogens is 392 g/mol. The number of benzene rings is 2. The molecule has 0 spiro atoms. The van der Waals surface area contributed by atoms with Crippen molar-refractivity contribution in [1.82, 2.24) is 20.2 Å². The fourth-order valence-corrected chi connectivity index (χ4v) is 2.88. The number of pyridine rings is 1. The van der Waals surface area contributed by atoms with Crippen LogP contribution in [0.2, 0.25) is 0 Å². The van der Waals surface area contributed by atoms with E-state index in [2.05, 4.69) is 20.2 Å². The molecule has 0 fully saturated rings. The van der Waals surface area contributed by atoms with Gasteiger partial charge in [-0.05, 0) is 25.5 Å². The summed E-state index contributed by atoms with van der Waals surface area (Å²) in [7, 11) is 0. The predicted octanol–water partition coefficient (Wildman–Crippen LogP) is 4.69. The van der Waals surface area contributed by atoms with Gasteiger partial charge in [-0.2, -0.15) is 5.10 Å². The molecule has 0 aliphatic rings. The maximum Gasteiger partial charge on any atom is 0.312 e. The average molecular weight is 414 g/mol. The highest BCUT2D eigenvalue weighted by Gasteiger charge is 2.28. The number of carboxylic acid groups (broad SMARTS) is 1. The number of nitrogens with one attached hydrogen (secondary N) is 1. The Balaban J connectivity index is 1.45. The normalized spacial score (nSPS) is 11.3. The van der Waals surface area contributed by atoms with E-state index in [4.69, 9.17) is 9.84 Å². The van der Waals surface area contributed by atoms with Crippen molar-refractivity contribution in [3.63, 3.8) is 0 Å². The van der Waals surface area contributed by atoms with E-state index in [0.717, 1.165) is 22.3 Å². The van der Waals surface area contributed by atoms with Gasteiger partial charge in [-0.15, -0.1) is 0 Å². The molecule has 0 bridgehead atoms. The Bertz CT molecular complexity index is 1170. The summed E-state index contributed by atoms with van der Waals surface area (Å²) in [6.45, 7) is 3.27. The van der Waals surface area contributed by atoms with E-state index in [1.54, 1.807) is 26.1 Å². The number of carboxylic acids is 1. The molecule has 0 radical (unpaired) electrons. The summed E-state index contributed by atoms with van der Waals surface area (Å²) in [5.74, 6) is 0.843. The molecular formula is C24H22N4O3. The predicted molar refractivity (Wildman–Crippen MR) is 117 cm³/mol. The molecule has 7 nitrogen and oxygen atoms in total. The van der Waals surface area contributed by atoms with Crippen molar-refractivity contribution in [3.05, 3.63) is 72.9 Å². The van der Waals surface area contributed by atoms with Gasteiger partial charge in [-0.3, -0.25) is 9.89 Å². The minimum absolute atomic E-state index is 0.0472. The zero-order valence-electron chi connectivity index (χ0n) is 17.2. The number of aliphatic carboxylic acids is 1. The van der Waals surface area contributed by atoms with Gasteiger partial charge < -0.3 is 9.84 Å². The molecule has 2 heterocycles. The molecule has 2 aromatic heterocycles. The van der Waals surface area contributed by atoms with Crippen molar-refractivity contribution in [2.24, 2.45) is 5.41 Å². The molecule has 4 aromatic rings. The van der Waals surface area contributed by atoms with Crippen LogP contribution < -0.4 is 4.74 Å². The number of H-pyrrole nitrogens is 1. The maximum atomic E-state index is 11.2. The minimum Gasteiger partial charge on any atom is -0.481 e. The van der Waals surface area contributed by atoms with E-state index in [1.807, 2.05) is 60.7 Å². The summed E-state index contributed by atoms with van der Waals surface area (Å²) in [5, 5.41) is 16.5. The third-order valence-electron chi connectivity index (χ3n) is 4.91. The lowest BCUT2D eigenvalue weighted by molar-refractivity contribution is -0.148. The van der Waals surface area contributed by atoms with Crippen LogP contribution in [0.5, 0.6) is 5.88 Å². The second-order valence-corrected chi connectivity index (χ2v) is 7.81. The molecule has 2 N–H and O–H groups in total. The second-order valence-electron chi connectivity index (χ2n) is 7.81. The summed E-state index contributed by atoms with van der Waals surface area (Å²) in [4.78, 5) is 20.0. The molecule has 0 amide bonds. The summed E-state index contributed by atoms with van der Waals surface area (Å²) in [6, 6.07) is 21.4. The maximum absolute atomic E-state index is 11.2. The second kappa shape index (κ2) is 8.39. The third-order valence-corrected chi connectivity index (χ3v) is 4.91. The Labute approximate surface area is 179 Å². The third kappa shape index (κ3) is 4.61. The minimum atomic E-state index is -0.975. The Morgan fingerprint density at radius 1 is 0.935 bits per heavy atom. The largest absolute Gasteiger partial charge is 0.481 e. The highest BCUT2D eigenvalue weighted by atomic mass is 16.5. The quantitative estimate of drug-likeness (QED) is 0.455. The molecule has 0 aliphatic carbocycles. The van der Waals surface area contributed by atoms with Crippen LogP contribution in [-0.2, 0) is 4.79 Å². The van der Waals surface area contributed by atoms with Crippen LogP contribution in [0.15, 0.2) is 72.9 Å². The molecule has 31 heavy (non-hydrogen) atoms. The summed E-state index contributed by atoms with van der Waals surface area (Å²) < 4.78 is 5.53. The number of nitrogens with zero attached hydrogens (tertiary/aromatic N) is 3. The summed E-state index contributed by atoms with van der Waals surface area (Å²) >= 11 is 0. The summed E-state index contributed by atoms with van der Waals surface area (Å²) in [5.41, 5.74) is 2.84. The SMILES string of the molecule is CC(C)(COc1ccc(-c2ccc(-c3nc(-c4ccccc4)n[nH]3)cc2)cn1)C(=O)O. The van der Waals surface area contributed by atoms with Gasteiger partial charge in [0.25, 0.3) is 0 Å². The van der Waals surface area contributed by atoms with Crippen molar-refractivity contribution < 1.29 is 14.6 Å². The van der Waals surface area contributed by atoms with Gasteiger partial charge in [0.1, 0.15) is 6.61 Å². The fraction of sp³-hybridized carbons (Fsp3) is 0.167. The van der Waals surface area contributed by atoms with Crippen LogP contribution in [0.1, 0.15) is 13.8 Å². The van der Waals surface area contributed by atoms with Gasteiger partial charge in [0.2, 0.25) is 5.88 Å². The van der Waals surface area contributed by atoms with Crippen LogP contribution in [0.4, 0.5) is 0 Å². The molecule has 0 unspecified atom stereocenters. The van der Waals surface area contributed by atoms with Gasteiger partial charge in [-0.25, -0.2) is 9.97 Å². The standard InChI is InChI=1S/C24H22N4O3/c1-24(2,23(29)30)15-31-20-13-12-19(14-25-20)16-8-10-18(11-9-16)22-26-21(27-28-22)17-6-4-3-5-7-17/h3-14H,15H2,1-2H3,(H,29,30)(H,26,27,28). The van der Waals surface area contributed by atoms with E-state index in [1.165, 1.54) is 0 Å². The molecule has 7 heteroatoms. The van der Waals surface area contributed by atoms with Crippen molar-refractivity contribution in [1.29, 1.82) is 0 Å². The number of carbonyl (C=O) groups is 1. The van der Waals surface area contributed by atoms with Gasteiger partial charge in [0, 0.05) is 29.0 Å². The van der Waals surface area contributed by atoms with E-state index in [-0.39, 0.29) is 6.61 Å². The Morgan fingerprint density at radius 2 is 1.61 bits per heavy atom. The van der Waals surface area contributed by atoms with E-state index >= 15 is 0 Å². The van der Waals surface area contributed by atoms with Crippen molar-refractivity contribution in [2.45, 2.75) is 13.8 Å². The monoisotopic (exact) mass is 414 g/mol. The van der Waals surface area contributed by atoms with Gasteiger partial charge in [0.05, 0.1) is 5.41 Å². The van der Waals surface area contributed by atoms with E-state index < -0.39 is 11.4 Å². The molecule has 0 saturated carbocycles. The van der Waals surface area contributed by atoms with Crippen LogP contribution in [-0.4, -0.2) is 37.8 Å². The Kier molecular flexibility index (Phi) is 5.49. The molecule has 2 aromatic carbocycles. The Morgan fingerprint density at radius 3 is 2.26 bits per heavy atom.